The van der Waals surface area contributed by atoms with Crippen LogP contribution in [0.25, 0.3) is 11.4 Å². The summed E-state index contributed by atoms with van der Waals surface area (Å²) in [5, 5.41) is 19.5. The van der Waals surface area contributed by atoms with Gasteiger partial charge in [-0.2, -0.15) is 5.26 Å². The number of nitrogens with two attached hydrogens (primary N) is 1. The van der Waals surface area contributed by atoms with Crippen LogP contribution in [0.3, 0.4) is 0 Å². The fourth-order valence-corrected chi connectivity index (χ4v) is 2.90. The predicted molar refractivity (Wildman–Crippen MR) is 99.0 cm³/mol. The fraction of sp³-hybridized carbons (Fsp3) is 0.421. The van der Waals surface area contributed by atoms with Crippen molar-refractivity contribution in [1.82, 2.24) is 14.9 Å². The molecule has 0 saturated carbocycles. The Hall–Kier alpha value is -2.72. The first kappa shape index (κ1) is 19.6. The first-order valence-electron chi connectivity index (χ1n) is 8.58. The predicted octanol–water partition coefficient (Wildman–Crippen LogP) is 3.28. The third-order valence-electron chi connectivity index (χ3n) is 4.31. The van der Waals surface area contributed by atoms with E-state index in [4.69, 9.17) is 5.73 Å². The molecule has 0 amide bonds. The molecule has 1 aromatic carbocycles. The number of phenolic OH excluding ortho intramolecular Hbond substituents is 1. The van der Waals surface area contributed by atoms with Gasteiger partial charge in [0.25, 0.3) is 0 Å². The van der Waals surface area contributed by atoms with Gasteiger partial charge in [-0.15, -0.1) is 0 Å². The largest absolute Gasteiger partial charge is 0.507 e. The van der Waals surface area contributed by atoms with Crippen LogP contribution in [0, 0.1) is 17.1 Å². The second kappa shape index (κ2) is 8.59. The molecule has 0 saturated heterocycles. The van der Waals surface area contributed by atoms with Gasteiger partial charge in [0.1, 0.15) is 29.0 Å². The maximum absolute atomic E-state index is 13.6. The van der Waals surface area contributed by atoms with E-state index in [-0.39, 0.29) is 34.4 Å². The number of hydrogen-bond acceptors (Lipinski definition) is 6. The number of nitriles is 1. The number of phenols is 1. The quantitative estimate of drug-likeness (QED) is 0.789. The van der Waals surface area contributed by atoms with Crippen molar-refractivity contribution in [1.29, 1.82) is 5.26 Å². The van der Waals surface area contributed by atoms with Crippen molar-refractivity contribution in [2.75, 3.05) is 26.4 Å². The molecule has 1 unspecified atom stereocenters. The summed E-state index contributed by atoms with van der Waals surface area (Å²) in [6, 6.07) is 5.65. The first-order valence-corrected chi connectivity index (χ1v) is 8.58. The van der Waals surface area contributed by atoms with Gasteiger partial charge in [-0.05, 0) is 58.1 Å². The van der Waals surface area contributed by atoms with Crippen molar-refractivity contribution in [2.24, 2.45) is 0 Å². The second-order valence-electron chi connectivity index (χ2n) is 6.52. The monoisotopic (exact) mass is 357 g/mol. The van der Waals surface area contributed by atoms with Crippen LogP contribution >= 0.6 is 0 Å². The smallest absolute Gasteiger partial charge is 0.165 e. The molecule has 2 rings (SSSR count). The number of anilines is 1. The lowest BCUT2D eigenvalue weighted by atomic mass is 9.93. The van der Waals surface area contributed by atoms with E-state index in [0.717, 1.165) is 37.9 Å². The summed E-state index contributed by atoms with van der Waals surface area (Å²) >= 11 is 0. The molecule has 2 aromatic rings. The molecule has 0 aliphatic rings. The molecule has 138 valence electrons. The van der Waals surface area contributed by atoms with E-state index in [1.54, 1.807) is 0 Å². The molecule has 0 aliphatic carbocycles. The Morgan fingerprint density at radius 2 is 2.08 bits per heavy atom. The van der Waals surface area contributed by atoms with Crippen LogP contribution in [0.4, 0.5) is 10.2 Å². The zero-order valence-corrected chi connectivity index (χ0v) is 15.3. The Morgan fingerprint density at radius 3 is 2.69 bits per heavy atom. The molecule has 26 heavy (non-hydrogen) atoms. The van der Waals surface area contributed by atoms with Crippen LogP contribution < -0.4 is 5.73 Å². The summed E-state index contributed by atoms with van der Waals surface area (Å²) in [7, 11) is 4.02. The number of halogens is 1. The Morgan fingerprint density at radius 1 is 1.35 bits per heavy atom. The average Bonchev–Trinajstić information content (AvgIpc) is 2.60. The summed E-state index contributed by atoms with van der Waals surface area (Å²) in [5.41, 5.74) is 6.94. The van der Waals surface area contributed by atoms with Crippen molar-refractivity contribution in [3.05, 3.63) is 35.3 Å². The van der Waals surface area contributed by atoms with Crippen LogP contribution in [0.2, 0.25) is 0 Å². The van der Waals surface area contributed by atoms with Crippen LogP contribution in [0.5, 0.6) is 5.75 Å². The normalized spacial score (nSPS) is 12.2. The highest BCUT2D eigenvalue weighted by atomic mass is 19.1. The molecule has 6 nitrogen and oxygen atoms in total. The Kier molecular flexibility index (Phi) is 6.47. The van der Waals surface area contributed by atoms with Gasteiger partial charge in [-0.25, -0.2) is 14.4 Å². The maximum atomic E-state index is 13.6. The molecule has 1 aromatic heterocycles. The first-order chi connectivity index (χ1) is 12.4. The van der Waals surface area contributed by atoms with E-state index in [1.807, 2.05) is 21.0 Å². The summed E-state index contributed by atoms with van der Waals surface area (Å²) in [6.07, 6.45) is 2.57. The van der Waals surface area contributed by atoms with E-state index in [9.17, 15) is 14.8 Å². The van der Waals surface area contributed by atoms with Gasteiger partial charge >= 0.3 is 0 Å². The summed E-state index contributed by atoms with van der Waals surface area (Å²) < 4.78 is 13.6. The summed E-state index contributed by atoms with van der Waals surface area (Å²) in [6.45, 7) is 2.95. The van der Waals surface area contributed by atoms with Crippen molar-refractivity contribution in [3.63, 3.8) is 0 Å². The molecular weight excluding hydrogens is 333 g/mol. The Balaban J connectivity index is 2.49. The number of rotatable bonds is 7. The number of benzene rings is 1. The minimum Gasteiger partial charge on any atom is -0.507 e. The van der Waals surface area contributed by atoms with E-state index in [1.165, 1.54) is 6.07 Å². The third kappa shape index (κ3) is 4.46. The Labute approximate surface area is 153 Å². The zero-order chi connectivity index (χ0) is 19.3. The lowest BCUT2D eigenvalue weighted by molar-refractivity contribution is 0.382. The SMILES string of the molecule is CCC(CCCN(C)C)c1nc(-c2cc(F)ccc2O)nc(N)c1C#N. The number of aromatic nitrogens is 2. The van der Waals surface area contributed by atoms with Crippen molar-refractivity contribution < 1.29 is 9.50 Å². The van der Waals surface area contributed by atoms with Gasteiger partial charge < -0.3 is 15.7 Å². The van der Waals surface area contributed by atoms with Gasteiger partial charge in [0.15, 0.2) is 5.82 Å². The zero-order valence-electron chi connectivity index (χ0n) is 15.3. The van der Waals surface area contributed by atoms with Crippen molar-refractivity contribution in [2.45, 2.75) is 32.1 Å². The molecule has 1 atom stereocenters. The lowest BCUT2D eigenvalue weighted by Crippen LogP contribution is -2.15. The van der Waals surface area contributed by atoms with E-state index in [2.05, 4.69) is 20.9 Å². The second-order valence-corrected chi connectivity index (χ2v) is 6.52. The lowest BCUT2D eigenvalue weighted by Gasteiger charge is -2.19. The summed E-state index contributed by atoms with van der Waals surface area (Å²) in [5.74, 6) is -0.447. The summed E-state index contributed by atoms with van der Waals surface area (Å²) in [4.78, 5) is 10.7. The highest BCUT2D eigenvalue weighted by Crippen LogP contribution is 2.33. The number of hydrogen-bond donors (Lipinski definition) is 2. The van der Waals surface area contributed by atoms with E-state index < -0.39 is 5.82 Å². The molecule has 0 spiro atoms. The molecule has 7 heteroatoms. The molecule has 0 fully saturated rings. The highest BCUT2D eigenvalue weighted by Gasteiger charge is 2.21. The number of nitrogen functional groups attached to an aromatic ring is 1. The minimum absolute atomic E-state index is 0.0318. The van der Waals surface area contributed by atoms with Gasteiger partial charge in [0.05, 0.1) is 11.3 Å². The van der Waals surface area contributed by atoms with Crippen molar-refractivity contribution >= 4 is 5.82 Å². The molecule has 0 bridgehead atoms. The standard InChI is InChI=1S/C19H24FN5O/c1-4-12(6-5-9-25(2)3)17-15(11-21)18(22)24-19(23-17)14-10-13(20)7-8-16(14)26/h7-8,10,12,26H,4-6,9H2,1-3H3,(H2,22,23,24). The highest BCUT2D eigenvalue weighted by molar-refractivity contribution is 5.67. The molecule has 3 N–H and O–H groups in total. The van der Waals surface area contributed by atoms with Crippen LogP contribution in [0.15, 0.2) is 18.2 Å². The van der Waals surface area contributed by atoms with Gasteiger partial charge in [0, 0.05) is 5.92 Å². The molecular formula is C19H24FN5O. The van der Waals surface area contributed by atoms with Crippen LogP contribution in [-0.4, -0.2) is 40.6 Å². The van der Waals surface area contributed by atoms with Gasteiger partial charge in [-0.1, -0.05) is 6.92 Å². The fourth-order valence-electron chi connectivity index (χ4n) is 2.90. The maximum Gasteiger partial charge on any atom is 0.165 e. The average molecular weight is 357 g/mol. The topological polar surface area (TPSA) is 99.1 Å². The van der Waals surface area contributed by atoms with Gasteiger partial charge in [-0.3, -0.25) is 0 Å². The number of aromatic hydroxyl groups is 1. The van der Waals surface area contributed by atoms with E-state index >= 15 is 0 Å². The van der Waals surface area contributed by atoms with Gasteiger partial charge in [0.2, 0.25) is 0 Å². The Bertz CT molecular complexity index is 816. The molecule has 1 heterocycles. The minimum atomic E-state index is -0.510. The van der Waals surface area contributed by atoms with Crippen LogP contribution in [0.1, 0.15) is 43.4 Å². The molecule has 0 radical (unpaired) electrons. The van der Waals surface area contributed by atoms with Crippen LogP contribution in [-0.2, 0) is 0 Å². The van der Waals surface area contributed by atoms with Crippen molar-refractivity contribution in [3.8, 4) is 23.2 Å². The van der Waals surface area contributed by atoms with E-state index in [0.29, 0.717) is 5.69 Å². The third-order valence-corrected chi connectivity index (χ3v) is 4.31. The number of nitrogens with zero attached hydrogens (tertiary/aromatic N) is 4. The molecule has 0 aliphatic heterocycles.